The van der Waals surface area contributed by atoms with Gasteiger partial charge in [0.25, 0.3) is 5.56 Å². The first-order valence-corrected chi connectivity index (χ1v) is 13.8. The second-order valence-electron chi connectivity index (χ2n) is 9.23. The smallest absolute Gasteiger partial charge is 0.332 e. The number of nitrogens with one attached hydrogen (secondary N) is 2. The normalized spacial score (nSPS) is 11.0. The zero-order valence-electron chi connectivity index (χ0n) is 21.7. The molecule has 2 N–H and O–H groups in total. The first kappa shape index (κ1) is 28.0. The highest BCUT2D eigenvalue weighted by atomic mass is 32.1. The van der Waals surface area contributed by atoms with Crippen molar-refractivity contribution in [1.29, 1.82) is 0 Å². The molecule has 8 nitrogen and oxygen atoms in total. The van der Waals surface area contributed by atoms with Crippen LogP contribution < -0.4 is 21.9 Å². The predicted octanol–water partition coefficient (Wildman–Crippen LogP) is 4.44. The first-order valence-electron chi connectivity index (χ1n) is 13.0. The lowest BCUT2D eigenvalue weighted by Crippen LogP contribution is -2.41. The molecule has 0 unspecified atom stereocenters. The van der Waals surface area contributed by atoms with E-state index in [0.29, 0.717) is 48.1 Å². The van der Waals surface area contributed by atoms with Crippen LogP contribution in [0.4, 0.5) is 10.1 Å². The minimum Gasteiger partial charge on any atom is -0.352 e. The van der Waals surface area contributed by atoms with E-state index in [1.165, 1.54) is 32.6 Å². The van der Waals surface area contributed by atoms with E-state index >= 15 is 0 Å². The number of unbranched alkanes of at least 4 members (excludes halogenated alkanes) is 2. The Labute approximate surface area is 229 Å². The van der Waals surface area contributed by atoms with Gasteiger partial charge in [-0.15, -0.1) is 11.3 Å². The Kier molecular flexibility index (Phi) is 9.43. The van der Waals surface area contributed by atoms with E-state index < -0.39 is 5.69 Å². The van der Waals surface area contributed by atoms with Crippen molar-refractivity contribution in [2.45, 2.75) is 58.7 Å². The molecule has 2 aromatic carbocycles. The summed E-state index contributed by atoms with van der Waals surface area (Å²) in [7, 11) is 0. The van der Waals surface area contributed by atoms with Gasteiger partial charge >= 0.3 is 5.69 Å². The van der Waals surface area contributed by atoms with Gasteiger partial charge in [-0.2, -0.15) is 0 Å². The zero-order valence-corrected chi connectivity index (χ0v) is 22.6. The van der Waals surface area contributed by atoms with Crippen LogP contribution in [0.25, 0.3) is 10.2 Å². The van der Waals surface area contributed by atoms with Crippen molar-refractivity contribution in [1.82, 2.24) is 14.5 Å². The van der Waals surface area contributed by atoms with Gasteiger partial charge in [-0.1, -0.05) is 43.7 Å². The van der Waals surface area contributed by atoms with E-state index in [2.05, 4.69) is 10.6 Å². The maximum Gasteiger partial charge on any atom is 0.332 e. The summed E-state index contributed by atoms with van der Waals surface area (Å²) < 4.78 is 16.0. The summed E-state index contributed by atoms with van der Waals surface area (Å²) in [5.74, 6) is -0.785. The van der Waals surface area contributed by atoms with Gasteiger partial charge in [-0.25, -0.2) is 9.18 Å². The van der Waals surface area contributed by atoms with Crippen molar-refractivity contribution < 1.29 is 14.0 Å². The molecule has 2 heterocycles. The number of thiophene rings is 1. The van der Waals surface area contributed by atoms with E-state index in [1.807, 2.05) is 31.2 Å². The van der Waals surface area contributed by atoms with Crippen LogP contribution in [0.3, 0.4) is 0 Å². The van der Waals surface area contributed by atoms with E-state index in [1.54, 1.807) is 23.6 Å². The maximum atomic E-state index is 13.3. The van der Waals surface area contributed by atoms with Crippen LogP contribution in [0.2, 0.25) is 0 Å². The molecule has 2 amide bonds. The van der Waals surface area contributed by atoms with Crippen molar-refractivity contribution in [3.63, 3.8) is 0 Å². The molecule has 0 atom stereocenters. The lowest BCUT2D eigenvalue weighted by Gasteiger charge is -2.13. The zero-order chi connectivity index (χ0) is 27.8. The lowest BCUT2D eigenvalue weighted by atomic mass is 10.1. The predicted molar refractivity (Wildman–Crippen MR) is 152 cm³/mol. The van der Waals surface area contributed by atoms with Crippen LogP contribution in [0.5, 0.6) is 0 Å². The lowest BCUT2D eigenvalue weighted by molar-refractivity contribution is -0.121. The molecule has 39 heavy (non-hydrogen) atoms. The van der Waals surface area contributed by atoms with Gasteiger partial charge in [0.05, 0.1) is 5.52 Å². The number of para-hydroxylation sites is 1. The van der Waals surface area contributed by atoms with Crippen LogP contribution >= 0.6 is 11.3 Å². The molecule has 4 aromatic rings. The SMILES string of the molecule is CCc1ccccc1NC(=O)Cn1c(=O)n(CCCCCC(=O)NCc2ccc(F)cc2)c(=O)c2sccc21. The number of rotatable bonds is 12. The van der Waals surface area contributed by atoms with Crippen molar-refractivity contribution >= 4 is 39.1 Å². The summed E-state index contributed by atoms with van der Waals surface area (Å²) in [6.45, 7) is 2.31. The third kappa shape index (κ3) is 7.08. The van der Waals surface area contributed by atoms with Crippen LogP contribution in [-0.4, -0.2) is 20.9 Å². The highest BCUT2D eigenvalue weighted by molar-refractivity contribution is 7.17. The van der Waals surface area contributed by atoms with Crippen LogP contribution in [0, 0.1) is 5.82 Å². The average Bonchev–Trinajstić information content (AvgIpc) is 3.43. The number of hydrogen-bond donors (Lipinski definition) is 2. The number of aryl methyl sites for hydroxylation is 1. The van der Waals surface area contributed by atoms with E-state index in [-0.39, 0.29) is 36.3 Å². The summed E-state index contributed by atoms with van der Waals surface area (Å²) in [6, 6.07) is 15.1. The highest BCUT2D eigenvalue weighted by Gasteiger charge is 2.17. The molecule has 0 fully saturated rings. The van der Waals surface area contributed by atoms with Crippen LogP contribution in [0.15, 0.2) is 69.6 Å². The number of fused-ring (bicyclic) bond motifs is 1. The highest BCUT2D eigenvalue weighted by Crippen LogP contribution is 2.18. The van der Waals surface area contributed by atoms with Crippen LogP contribution in [-0.2, 0) is 35.6 Å². The second-order valence-corrected chi connectivity index (χ2v) is 10.1. The van der Waals surface area contributed by atoms with Gasteiger partial charge in [0.2, 0.25) is 11.8 Å². The summed E-state index contributed by atoms with van der Waals surface area (Å²) in [4.78, 5) is 51.3. The van der Waals surface area contributed by atoms with E-state index in [4.69, 9.17) is 0 Å². The topological polar surface area (TPSA) is 102 Å². The minimum absolute atomic E-state index is 0.116. The number of carbonyl (C=O) groups is 2. The number of amides is 2. The molecule has 0 aliphatic rings. The largest absolute Gasteiger partial charge is 0.352 e. The van der Waals surface area contributed by atoms with Crippen molar-refractivity contribution in [3.05, 3.63) is 97.8 Å². The summed E-state index contributed by atoms with van der Waals surface area (Å²) in [6.07, 6.45) is 2.84. The molecule has 204 valence electrons. The molecule has 0 bridgehead atoms. The molecule has 0 saturated heterocycles. The van der Waals surface area contributed by atoms with E-state index in [9.17, 15) is 23.6 Å². The standard InChI is InChI=1S/C29H31FN4O4S/c1-2-21-8-5-6-9-23(21)32-26(36)19-34-24-15-17-39-27(24)28(37)33(29(34)38)16-7-3-4-10-25(35)31-18-20-11-13-22(30)14-12-20/h5-6,8-9,11-15,17H,2-4,7,10,16,18-19H2,1H3,(H,31,35)(H,32,36). The van der Waals surface area contributed by atoms with Crippen LogP contribution in [0.1, 0.15) is 43.7 Å². The van der Waals surface area contributed by atoms with Crippen molar-refractivity contribution in [2.24, 2.45) is 0 Å². The molecule has 10 heteroatoms. The Morgan fingerprint density at radius 3 is 2.46 bits per heavy atom. The van der Waals surface area contributed by atoms with E-state index in [0.717, 1.165) is 17.5 Å². The molecule has 4 rings (SSSR count). The fourth-order valence-corrected chi connectivity index (χ4v) is 5.23. The molecular weight excluding hydrogens is 519 g/mol. The fourth-order valence-electron chi connectivity index (χ4n) is 4.39. The quantitative estimate of drug-likeness (QED) is 0.255. The summed E-state index contributed by atoms with van der Waals surface area (Å²) in [5.41, 5.74) is 2.06. The first-order chi connectivity index (χ1) is 18.9. The Balaban J connectivity index is 1.35. The van der Waals surface area contributed by atoms with Crippen molar-refractivity contribution in [3.8, 4) is 0 Å². The van der Waals surface area contributed by atoms with Gasteiger partial charge in [0.1, 0.15) is 17.1 Å². The van der Waals surface area contributed by atoms with Gasteiger partial charge in [-0.3, -0.25) is 23.5 Å². The Morgan fingerprint density at radius 2 is 1.69 bits per heavy atom. The third-order valence-electron chi connectivity index (χ3n) is 6.50. The number of halogens is 1. The Bertz CT molecular complexity index is 1570. The second kappa shape index (κ2) is 13.1. The number of hydrogen-bond acceptors (Lipinski definition) is 5. The number of aromatic nitrogens is 2. The molecule has 0 radical (unpaired) electrons. The maximum absolute atomic E-state index is 13.3. The number of anilines is 1. The Hall–Kier alpha value is -4.05. The molecular formula is C29H31FN4O4S. The molecule has 0 saturated carbocycles. The summed E-state index contributed by atoms with van der Waals surface area (Å²) in [5, 5.41) is 7.43. The van der Waals surface area contributed by atoms with Gasteiger partial charge in [0, 0.05) is 25.2 Å². The average molecular weight is 551 g/mol. The third-order valence-corrected chi connectivity index (χ3v) is 7.39. The summed E-state index contributed by atoms with van der Waals surface area (Å²) >= 11 is 1.24. The molecule has 2 aromatic heterocycles. The molecule has 0 aliphatic carbocycles. The number of benzene rings is 2. The van der Waals surface area contributed by atoms with Gasteiger partial charge < -0.3 is 10.6 Å². The monoisotopic (exact) mass is 550 g/mol. The number of nitrogens with zero attached hydrogens (tertiary/aromatic N) is 2. The fraction of sp³-hybridized carbons (Fsp3) is 0.310. The molecule has 0 aliphatic heterocycles. The molecule has 0 spiro atoms. The Morgan fingerprint density at radius 1 is 0.923 bits per heavy atom. The minimum atomic E-state index is -0.526. The van der Waals surface area contributed by atoms with Gasteiger partial charge in [-0.05, 0) is 60.0 Å². The number of carbonyl (C=O) groups excluding carboxylic acids is 2. The van der Waals surface area contributed by atoms with Crippen molar-refractivity contribution in [2.75, 3.05) is 5.32 Å². The van der Waals surface area contributed by atoms with Gasteiger partial charge in [0.15, 0.2) is 0 Å².